The quantitative estimate of drug-likeness (QED) is 0.674. The highest BCUT2D eigenvalue weighted by molar-refractivity contribution is 5.68. The van der Waals surface area contributed by atoms with E-state index >= 15 is 0 Å². The van der Waals surface area contributed by atoms with Crippen molar-refractivity contribution in [1.29, 1.82) is 0 Å². The maximum absolute atomic E-state index is 14.1. The zero-order valence-electron chi connectivity index (χ0n) is 14.8. The molecule has 0 fully saturated rings. The van der Waals surface area contributed by atoms with Crippen LogP contribution in [-0.2, 0) is 19.8 Å². The molecule has 0 aliphatic rings. The highest BCUT2D eigenvalue weighted by Crippen LogP contribution is 2.39. The highest BCUT2D eigenvalue weighted by Gasteiger charge is 2.36. The van der Waals surface area contributed by atoms with Gasteiger partial charge in [-0.15, -0.1) is 0 Å². The minimum absolute atomic E-state index is 0.0893. The molecule has 2 aromatic heterocycles. The third-order valence-electron chi connectivity index (χ3n) is 3.98. The van der Waals surface area contributed by atoms with Crippen LogP contribution in [0, 0.1) is 5.82 Å². The Morgan fingerprint density at radius 2 is 1.96 bits per heavy atom. The molecule has 0 bridgehead atoms. The normalized spacial score (nSPS) is 11.6. The monoisotopic (exact) mass is 397 g/mol. The maximum atomic E-state index is 14.1. The summed E-state index contributed by atoms with van der Waals surface area (Å²) in [6.07, 6.45) is -3.52. The smallest absolute Gasteiger partial charge is 0.397 e. The standard InChI is InChI=1S/C16H15F4N7O/c1-25(8-12-11(17)6-9(21)7-22-12)14-10(16(18,19)20)4-3-5-13(14)27-15(28)26(2)23-24-27/h3-7H,8,21H2,1-2H3. The van der Waals surface area contributed by atoms with E-state index in [2.05, 4.69) is 15.4 Å². The lowest BCUT2D eigenvalue weighted by atomic mass is 10.1. The number of tetrazole rings is 1. The molecule has 0 aliphatic carbocycles. The van der Waals surface area contributed by atoms with Crippen molar-refractivity contribution in [3.8, 4) is 5.69 Å². The Morgan fingerprint density at radius 3 is 2.54 bits per heavy atom. The van der Waals surface area contributed by atoms with Gasteiger partial charge >= 0.3 is 11.9 Å². The Morgan fingerprint density at radius 1 is 1.25 bits per heavy atom. The van der Waals surface area contributed by atoms with Gasteiger partial charge in [0.15, 0.2) is 0 Å². The summed E-state index contributed by atoms with van der Waals surface area (Å²) in [6, 6.07) is 4.34. The van der Waals surface area contributed by atoms with Gasteiger partial charge in [0.25, 0.3) is 0 Å². The first kappa shape index (κ1) is 19.3. The molecule has 0 saturated carbocycles. The van der Waals surface area contributed by atoms with Gasteiger partial charge in [-0.3, -0.25) is 4.98 Å². The molecule has 0 atom stereocenters. The average Bonchev–Trinajstić information content (AvgIpc) is 2.95. The molecule has 1 aromatic carbocycles. The van der Waals surface area contributed by atoms with Crippen LogP contribution in [0.4, 0.5) is 28.9 Å². The fourth-order valence-corrected chi connectivity index (χ4v) is 2.70. The number of benzene rings is 1. The summed E-state index contributed by atoms with van der Waals surface area (Å²) in [5.74, 6) is -0.755. The number of hydrogen-bond donors (Lipinski definition) is 1. The van der Waals surface area contributed by atoms with E-state index in [4.69, 9.17) is 5.73 Å². The first-order valence-corrected chi connectivity index (χ1v) is 7.90. The molecule has 148 valence electrons. The summed E-state index contributed by atoms with van der Waals surface area (Å²) in [7, 11) is 2.64. The van der Waals surface area contributed by atoms with E-state index < -0.39 is 23.2 Å². The molecule has 2 heterocycles. The fraction of sp³-hybridized carbons (Fsp3) is 0.250. The van der Waals surface area contributed by atoms with E-state index in [0.29, 0.717) is 0 Å². The lowest BCUT2D eigenvalue weighted by molar-refractivity contribution is -0.137. The molecular weight excluding hydrogens is 382 g/mol. The Kier molecular flexibility index (Phi) is 4.79. The van der Waals surface area contributed by atoms with Crippen LogP contribution in [0.15, 0.2) is 35.3 Å². The van der Waals surface area contributed by atoms with Gasteiger partial charge in [-0.05, 0) is 22.6 Å². The third kappa shape index (κ3) is 3.52. The Labute approximate surface area is 155 Å². The minimum atomic E-state index is -4.72. The number of aromatic nitrogens is 5. The van der Waals surface area contributed by atoms with Crippen molar-refractivity contribution in [3.05, 3.63) is 58.0 Å². The number of rotatable bonds is 4. The number of nitrogens with zero attached hydrogens (tertiary/aromatic N) is 6. The number of pyridine rings is 1. The number of alkyl halides is 3. The molecule has 2 N–H and O–H groups in total. The molecule has 0 amide bonds. The van der Waals surface area contributed by atoms with Crippen molar-refractivity contribution in [1.82, 2.24) is 24.8 Å². The Balaban J connectivity index is 2.16. The Bertz CT molecular complexity index is 1070. The average molecular weight is 397 g/mol. The summed E-state index contributed by atoms with van der Waals surface area (Å²) in [6.45, 7) is -0.304. The molecule has 0 aliphatic heterocycles. The fourth-order valence-electron chi connectivity index (χ4n) is 2.70. The molecule has 0 saturated heterocycles. The lowest BCUT2D eigenvalue weighted by Gasteiger charge is -2.25. The van der Waals surface area contributed by atoms with Gasteiger partial charge in [0.05, 0.1) is 41.1 Å². The molecule has 0 spiro atoms. The van der Waals surface area contributed by atoms with Crippen molar-refractivity contribution in [3.63, 3.8) is 0 Å². The number of para-hydroxylation sites is 1. The van der Waals surface area contributed by atoms with Crippen molar-refractivity contribution >= 4 is 11.4 Å². The van der Waals surface area contributed by atoms with Gasteiger partial charge in [-0.2, -0.15) is 22.5 Å². The zero-order chi connectivity index (χ0) is 20.6. The first-order valence-electron chi connectivity index (χ1n) is 7.90. The predicted octanol–water partition coefficient (Wildman–Crippen LogP) is 1.74. The summed E-state index contributed by atoms with van der Waals surface area (Å²) in [4.78, 5) is 17.1. The topological polar surface area (TPSA) is 94.9 Å². The largest absolute Gasteiger partial charge is 0.418 e. The van der Waals surface area contributed by atoms with Gasteiger partial charge in [0.1, 0.15) is 5.82 Å². The maximum Gasteiger partial charge on any atom is 0.418 e. The SMILES string of the molecule is CN(Cc1ncc(N)cc1F)c1c(-n2nnn(C)c2=O)cccc1C(F)(F)F. The van der Waals surface area contributed by atoms with Crippen LogP contribution in [0.2, 0.25) is 0 Å². The van der Waals surface area contributed by atoms with Crippen LogP contribution in [0.3, 0.4) is 0 Å². The van der Waals surface area contributed by atoms with Crippen LogP contribution in [0.5, 0.6) is 0 Å². The summed E-state index contributed by atoms with van der Waals surface area (Å²) < 4.78 is 56.6. The number of aryl methyl sites for hydroxylation is 1. The first-order chi connectivity index (χ1) is 13.1. The second-order valence-corrected chi connectivity index (χ2v) is 6.02. The van der Waals surface area contributed by atoms with Crippen molar-refractivity contribution < 1.29 is 17.6 Å². The van der Waals surface area contributed by atoms with Crippen LogP contribution in [-0.4, -0.2) is 31.8 Å². The summed E-state index contributed by atoms with van der Waals surface area (Å²) >= 11 is 0. The third-order valence-corrected chi connectivity index (χ3v) is 3.98. The number of nitrogens with two attached hydrogens (primary N) is 1. The number of nitrogen functional groups attached to an aromatic ring is 1. The van der Waals surface area contributed by atoms with E-state index in [1.807, 2.05) is 0 Å². The van der Waals surface area contributed by atoms with E-state index in [1.165, 1.54) is 26.4 Å². The molecule has 0 radical (unpaired) electrons. The van der Waals surface area contributed by atoms with E-state index in [9.17, 15) is 22.4 Å². The van der Waals surface area contributed by atoms with Gasteiger partial charge < -0.3 is 10.6 Å². The van der Waals surface area contributed by atoms with Crippen LogP contribution >= 0.6 is 0 Å². The van der Waals surface area contributed by atoms with Crippen molar-refractivity contribution in [2.45, 2.75) is 12.7 Å². The van der Waals surface area contributed by atoms with Crippen LogP contribution < -0.4 is 16.3 Å². The zero-order valence-corrected chi connectivity index (χ0v) is 14.8. The van der Waals surface area contributed by atoms with Crippen molar-refractivity contribution in [2.24, 2.45) is 7.05 Å². The second-order valence-electron chi connectivity index (χ2n) is 6.02. The lowest BCUT2D eigenvalue weighted by Crippen LogP contribution is -2.28. The summed E-state index contributed by atoms with van der Waals surface area (Å²) in [5, 5.41) is 7.13. The molecule has 8 nitrogen and oxygen atoms in total. The van der Waals surface area contributed by atoms with Crippen molar-refractivity contribution in [2.75, 3.05) is 17.7 Å². The molecular formula is C16H15F4N7O. The van der Waals surface area contributed by atoms with Gasteiger partial charge in [0, 0.05) is 20.2 Å². The van der Waals surface area contributed by atoms with Crippen LogP contribution in [0.1, 0.15) is 11.3 Å². The second kappa shape index (κ2) is 6.94. The summed E-state index contributed by atoms with van der Waals surface area (Å²) in [5.41, 5.74) is 3.18. The van der Waals surface area contributed by atoms with E-state index in [1.54, 1.807) is 0 Å². The minimum Gasteiger partial charge on any atom is -0.397 e. The molecule has 12 heteroatoms. The van der Waals surface area contributed by atoms with E-state index in [0.717, 1.165) is 32.5 Å². The van der Waals surface area contributed by atoms with Crippen LogP contribution in [0.25, 0.3) is 5.69 Å². The van der Waals surface area contributed by atoms with Gasteiger partial charge in [0.2, 0.25) is 0 Å². The number of hydrogen-bond acceptors (Lipinski definition) is 6. The van der Waals surface area contributed by atoms with Gasteiger partial charge in [-0.1, -0.05) is 6.07 Å². The number of halogens is 4. The molecule has 3 aromatic rings. The van der Waals surface area contributed by atoms with E-state index in [-0.39, 0.29) is 29.3 Å². The Hall–Kier alpha value is -3.44. The highest BCUT2D eigenvalue weighted by atomic mass is 19.4. The van der Waals surface area contributed by atoms with Gasteiger partial charge in [-0.25, -0.2) is 9.18 Å². The molecule has 0 unspecified atom stereocenters. The number of anilines is 2. The molecule has 3 rings (SSSR count). The molecule has 28 heavy (non-hydrogen) atoms. The predicted molar refractivity (Wildman–Crippen MR) is 92.3 cm³/mol.